The molecule has 13 heavy (non-hydrogen) atoms. The Morgan fingerprint density at radius 2 is 2.54 bits per heavy atom. The largest absolute Gasteiger partial charge is 0.300 e. The van der Waals surface area contributed by atoms with Crippen molar-refractivity contribution in [2.75, 3.05) is 0 Å². The molecule has 1 rings (SSSR count). The zero-order valence-corrected chi connectivity index (χ0v) is 9.91. The van der Waals surface area contributed by atoms with E-state index in [1.54, 1.807) is 11.3 Å². The van der Waals surface area contributed by atoms with Gasteiger partial charge in [0.05, 0.1) is 9.83 Å². The lowest BCUT2D eigenvalue weighted by Crippen LogP contribution is -2.25. The van der Waals surface area contributed by atoms with Crippen LogP contribution in [0.3, 0.4) is 0 Å². The smallest absolute Gasteiger partial charge is 0.0701 e. The average Bonchev–Trinajstić information content (AvgIpc) is 2.53. The minimum atomic E-state index is 0.193. The van der Waals surface area contributed by atoms with Crippen molar-refractivity contribution in [3.63, 3.8) is 0 Å². The molecular formula is C10H12BrNS. The van der Waals surface area contributed by atoms with E-state index >= 15 is 0 Å². The van der Waals surface area contributed by atoms with Crippen molar-refractivity contribution in [1.29, 1.82) is 0 Å². The summed E-state index contributed by atoms with van der Waals surface area (Å²) < 4.78 is 1.16. The van der Waals surface area contributed by atoms with E-state index in [9.17, 15) is 0 Å². The molecule has 1 nitrogen and oxygen atoms in total. The second kappa shape index (κ2) is 5.43. The maximum absolute atomic E-state index is 5.33. The van der Waals surface area contributed by atoms with Crippen LogP contribution in [0.1, 0.15) is 18.9 Å². The third-order valence-corrected chi connectivity index (χ3v) is 3.34. The van der Waals surface area contributed by atoms with Crippen LogP contribution in [0.15, 0.2) is 15.2 Å². The van der Waals surface area contributed by atoms with Crippen LogP contribution in [0, 0.1) is 12.3 Å². The summed E-state index contributed by atoms with van der Waals surface area (Å²) in [5, 5.41) is 5.42. The Morgan fingerprint density at radius 3 is 3.00 bits per heavy atom. The van der Waals surface area contributed by atoms with Crippen LogP contribution in [0.4, 0.5) is 0 Å². The minimum absolute atomic E-state index is 0.193. The molecule has 0 radical (unpaired) electrons. The standard InChI is InChI=1S/C10H12BrNS/c1-3-9(4-2)12-6-8-5-10(11)13-7-8/h1,5,7,9,12H,4,6H2,2H3. The zero-order chi connectivity index (χ0) is 9.68. The third kappa shape index (κ3) is 3.51. The molecule has 70 valence electrons. The zero-order valence-electron chi connectivity index (χ0n) is 7.51. The topological polar surface area (TPSA) is 12.0 Å². The molecule has 0 aromatic carbocycles. The van der Waals surface area contributed by atoms with Gasteiger partial charge in [-0.15, -0.1) is 17.8 Å². The van der Waals surface area contributed by atoms with Gasteiger partial charge in [0.2, 0.25) is 0 Å². The lowest BCUT2D eigenvalue weighted by Gasteiger charge is -2.08. The van der Waals surface area contributed by atoms with E-state index in [1.165, 1.54) is 5.56 Å². The Morgan fingerprint density at radius 1 is 1.77 bits per heavy atom. The average molecular weight is 258 g/mol. The Kier molecular flexibility index (Phi) is 4.51. The van der Waals surface area contributed by atoms with E-state index in [2.05, 4.69) is 45.5 Å². The van der Waals surface area contributed by atoms with Crippen molar-refractivity contribution in [1.82, 2.24) is 5.32 Å². The molecule has 0 aliphatic heterocycles. The highest BCUT2D eigenvalue weighted by Crippen LogP contribution is 2.20. The van der Waals surface area contributed by atoms with E-state index in [-0.39, 0.29) is 6.04 Å². The van der Waals surface area contributed by atoms with E-state index in [1.807, 2.05) is 0 Å². The monoisotopic (exact) mass is 257 g/mol. The van der Waals surface area contributed by atoms with Gasteiger partial charge in [-0.05, 0) is 39.4 Å². The van der Waals surface area contributed by atoms with Gasteiger partial charge in [-0.2, -0.15) is 0 Å². The highest BCUT2D eigenvalue weighted by molar-refractivity contribution is 9.11. The molecule has 0 amide bonds. The predicted octanol–water partition coefficient (Wildman–Crippen LogP) is 3.01. The molecule has 0 saturated carbocycles. The van der Waals surface area contributed by atoms with Gasteiger partial charge in [0, 0.05) is 6.54 Å². The number of terminal acetylenes is 1. The van der Waals surface area contributed by atoms with Gasteiger partial charge in [-0.1, -0.05) is 12.8 Å². The summed E-state index contributed by atoms with van der Waals surface area (Å²) in [5.74, 6) is 2.71. The van der Waals surface area contributed by atoms with Crippen LogP contribution < -0.4 is 5.32 Å². The van der Waals surface area contributed by atoms with Gasteiger partial charge in [0.25, 0.3) is 0 Å². The Balaban J connectivity index is 2.39. The molecule has 0 bridgehead atoms. The molecule has 1 unspecified atom stereocenters. The van der Waals surface area contributed by atoms with Crippen molar-refractivity contribution in [3.05, 3.63) is 20.8 Å². The van der Waals surface area contributed by atoms with Crippen LogP contribution in [0.25, 0.3) is 0 Å². The summed E-state index contributed by atoms with van der Waals surface area (Å²) in [7, 11) is 0. The number of nitrogens with one attached hydrogen (secondary N) is 1. The number of thiophene rings is 1. The fourth-order valence-electron chi connectivity index (χ4n) is 1.00. The van der Waals surface area contributed by atoms with E-state index < -0.39 is 0 Å². The first kappa shape index (κ1) is 10.8. The lowest BCUT2D eigenvalue weighted by molar-refractivity contribution is 0.593. The lowest BCUT2D eigenvalue weighted by atomic mass is 10.2. The van der Waals surface area contributed by atoms with E-state index in [0.717, 1.165) is 16.8 Å². The van der Waals surface area contributed by atoms with Crippen LogP contribution in [-0.4, -0.2) is 6.04 Å². The maximum Gasteiger partial charge on any atom is 0.0701 e. The Hall–Kier alpha value is -0.300. The summed E-state index contributed by atoms with van der Waals surface area (Å²) >= 11 is 5.12. The van der Waals surface area contributed by atoms with Crippen LogP contribution in [0.2, 0.25) is 0 Å². The molecule has 0 spiro atoms. The number of rotatable bonds is 4. The van der Waals surface area contributed by atoms with Crippen molar-refractivity contribution in [2.24, 2.45) is 0 Å². The predicted molar refractivity (Wildman–Crippen MR) is 61.8 cm³/mol. The quantitative estimate of drug-likeness (QED) is 0.818. The Labute approximate surface area is 91.7 Å². The first-order valence-electron chi connectivity index (χ1n) is 4.18. The van der Waals surface area contributed by atoms with E-state index in [4.69, 9.17) is 6.42 Å². The number of halogens is 1. The second-order valence-corrected chi connectivity index (χ2v) is 5.06. The molecule has 1 aromatic rings. The first-order chi connectivity index (χ1) is 6.26. The molecular weight excluding hydrogens is 246 g/mol. The van der Waals surface area contributed by atoms with Crippen LogP contribution >= 0.6 is 27.3 Å². The molecule has 1 N–H and O–H groups in total. The molecule has 0 saturated heterocycles. The molecule has 0 fully saturated rings. The molecule has 0 aliphatic rings. The van der Waals surface area contributed by atoms with Gasteiger partial charge in [0.1, 0.15) is 0 Å². The normalized spacial score (nSPS) is 12.4. The fourth-order valence-corrected chi connectivity index (χ4v) is 2.21. The summed E-state index contributed by atoms with van der Waals surface area (Å²) in [6.45, 7) is 2.94. The SMILES string of the molecule is C#CC(CC)NCc1csc(Br)c1. The number of hydrogen-bond donors (Lipinski definition) is 1. The van der Waals surface area contributed by atoms with Crippen molar-refractivity contribution < 1.29 is 0 Å². The van der Waals surface area contributed by atoms with Gasteiger partial charge in [-0.3, -0.25) is 5.32 Å². The van der Waals surface area contributed by atoms with Gasteiger partial charge in [-0.25, -0.2) is 0 Å². The first-order valence-corrected chi connectivity index (χ1v) is 5.86. The summed E-state index contributed by atoms with van der Waals surface area (Å²) in [5.41, 5.74) is 1.28. The Bertz CT molecular complexity index is 300. The van der Waals surface area contributed by atoms with Crippen LogP contribution in [-0.2, 0) is 6.54 Å². The van der Waals surface area contributed by atoms with Gasteiger partial charge >= 0.3 is 0 Å². The molecule has 1 atom stereocenters. The molecule has 3 heteroatoms. The van der Waals surface area contributed by atoms with Crippen molar-refractivity contribution in [3.8, 4) is 12.3 Å². The van der Waals surface area contributed by atoms with Gasteiger partial charge < -0.3 is 0 Å². The summed E-state index contributed by atoms with van der Waals surface area (Å²) in [6, 6.07) is 2.31. The maximum atomic E-state index is 5.33. The molecule has 1 aromatic heterocycles. The highest BCUT2D eigenvalue weighted by atomic mass is 79.9. The van der Waals surface area contributed by atoms with Crippen LogP contribution in [0.5, 0.6) is 0 Å². The minimum Gasteiger partial charge on any atom is -0.300 e. The number of hydrogen-bond acceptors (Lipinski definition) is 2. The summed E-state index contributed by atoms with van der Waals surface area (Å²) in [4.78, 5) is 0. The molecule has 0 aliphatic carbocycles. The highest BCUT2D eigenvalue weighted by Gasteiger charge is 2.01. The van der Waals surface area contributed by atoms with E-state index in [0.29, 0.717) is 0 Å². The third-order valence-electron chi connectivity index (χ3n) is 1.78. The summed E-state index contributed by atoms with van der Waals surface area (Å²) in [6.07, 6.45) is 6.31. The second-order valence-electron chi connectivity index (χ2n) is 2.77. The van der Waals surface area contributed by atoms with Gasteiger partial charge in [0.15, 0.2) is 0 Å². The molecule has 1 heterocycles. The van der Waals surface area contributed by atoms with Crippen molar-refractivity contribution >= 4 is 27.3 Å². The fraction of sp³-hybridized carbons (Fsp3) is 0.400. The van der Waals surface area contributed by atoms with Crippen molar-refractivity contribution in [2.45, 2.75) is 25.9 Å².